The highest BCUT2D eigenvalue weighted by atomic mass is 31.2. The molecule has 1 fully saturated rings. The van der Waals surface area contributed by atoms with Gasteiger partial charge < -0.3 is 45.0 Å². The Morgan fingerprint density at radius 3 is 1.56 bits per heavy atom. The largest absolute Gasteiger partial charge is 0.472 e. The van der Waals surface area contributed by atoms with E-state index < -0.39 is 75.7 Å². The summed E-state index contributed by atoms with van der Waals surface area (Å²) in [7, 11) is -5.15. The van der Waals surface area contributed by atoms with Crippen molar-refractivity contribution in [2.45, 2.75) is 185 Å². The smallest absolute Gasteiger partial charge is 0.462 e. The van der Waals surface area contributed by atoms with Crippen LogP contribution in [-0.4, -0.2) is 110 Å². The van der Waals surface area contributed by atoms with Gasteiger partial charge in [0.1, 0.15) is 43.2 Å². The summed E-state index contributed by atoms with van der Waals surface area (Å²) in [6, 6.07) is 0. The van der Waals surface area contributed by atoms with Crippen LogP contribution in [0.4, 0.5) is 0 Å². The highest BCUT2D eigenvalue weighted by Gasteiger charge is 2.51. The van der Waals surface area contributed by atoms with Crippen molar-refractivity contribution >= 4 is 19.8 Å². The molecular weight excluding hydrogens is 819 g/mol. The average molecular weight is 897 g/mol. The number of rotatable bonds is 35. The maximum atomic E-state index is 12.8. The number of unbranched alkanes of at least 4 members (excludes halogenated alkanes) is 6. The number of carbonyl (C=O) groups excluding carboxylic acids is 2. The fourth-order valence-electron chi connectivity index (χ4n) is 6.10. The molecule has 1 saturated carbocycles. The van der Waals surface area contributed by atoms with E-state index in [-0.39, 0.29) is 18.9 Å². The monoisotopic (exact) mass is 897 g/mol. The number of allylic oxidation sites excluding steroid dienone is 14. The Labute approximate surface area is 370 Å². The third kappa shape index (κ3) is 28.6. The molecule has 0 aromatic carbocycles. The molecule has 0 saturated heterocycles. The first-order chi connectivity index (χ1) is 29.8. The van der Waals surface area contributed by atoms with Crippen LogP contribution >= 0.6 is 7.82 Å². The quantitative estimate of drug-likeness (QED) is 0.0142. The number of carbonyl (C=O) groups is 2. The Morgan fingerprint density at radius 2 is 1.02 bits per heavy atom. The van der Waals surface area contributed by atoms with Crippen LogP contribution in [0.3, 0.4) is 0 Å². The molecule has 15 heteroatoms. The number of aliphatic hydroxyl groups excluding tert-OH is 6. The highest BCUT2D eigenvalue weighted by Crippen LogP contribution is 2.47. The highest BCUT2D eigenvalue weighted by molar-refractivity contribution is 7.47. The molecule has 0 aromatic heterocycles. The lowest BCUT2D eigenvalue weighted by Gasteiger charge is -2.41. The predicted molar refractivity (Wildman–Crippen MR) is 241 cm³/mol. The van der Waals surface area contributed by atoms with Gasteiger partial charge in [0, 0.05) is 12.8 Å². The van der Waals surface area contributed by atoms with E-state index in [2.05, 4.69) is 79.8 Å². The van der Waals surface area contributed by atoms with E-state index in [1.165, 1.54) is 0 Å². The third-order valence-electron chi connectivity index (χ3n) is 9.88. The predicted octanol–water partition coefficient (Wildman–Crippen LogP) is 7.47. The zero-order valence-corrected chi connectivity index (χ0v) is 37.9. The number of hydrogen-bond donors (Lipinski definition) is 7. The number of aliphatic hydroxyl groups is 6. The van der Waals surface area contributed by atoms with E-state index in [4.69, 9.17) is 18.5 Å². The molecule has 0 aliphatic heterocycles. The van der Waals surface area contributed by atoms with Crippen molar-refractivity contribution in [1.82, 2.24) is 0 Å². The van der Waals surface area contributed by atoms with Crippen LogP contribution in [0.1, 0.15) is 136 Å². The summed E-state index contributed by atoms with van der Waals surface area (Å²) >= 11 is 0. The van der Waals surface area contributed by atoms with Crippen molar-refractivity contribution in [2.75, 3.05) is 13.2 Å². The summed E-state index contributed by atoms with van der Waals surface area (Å²) in [4.78, 5) is 35.6. The minimum Gasteiger partial charge on any atom is -0.462 e. The summed E-state index contributed by atoms with van der Waals surface area (Å²) in [5.41, 5.74) is 0. The van der Waals surface area contributed by atoms with Crippen molar-refractivity contribution in [2.24, 2.45) is 0 Å². The van der Waals surface area contributed by atoms with Gasteiger partial charge in [0.2, 0.25) is 0 Å². The second-order valence-electron chi connectivity index (χ2n) is 15.3. The lowest BCUT2D eigenvalue weighted by atomic mass is 9.85. The maximum Gasteiger partial charge on any atom is 0.472 e. The first-order valence-corrected chi connectivity index (χ1v) is 24.0. The standard InChI is InChI=1S/C47H77O14P/c1-3-5-6-7-8-9-10-11-12-17-20-23-26-29-32-35-41(50)60-39(37-59-62(56,57)61-47-45(54)43(52)42(51)44(53)46(47)55)36-58-40(49)34-31-28-25-22-19-16-14-13-15-18-21-24-27-30-33-38(48)4-2/h5-6,8-9,11-12,14-16,18,22,24-25,27,38-39,42-48,51-55H,3-4,7,10,13,17,19-21,23,26,28-37H2,1-2H3,(H,56,57)/b6-5-,9-8-,12-11-,16-14-,18-15-,25-22-,27-24-/t38-,39+,42?,43-,44+,45+,46+,47?/m0/s1. The fraction of sp³-hybridized carbons (Fsp3) is 0.660. The van der Waals surface area contributed by atoms with E-state index in [9.17, 15) is 49.7 Å². The van der Waals surface area contributed by atoms with Crippen LogP contribution in [0.5, 0.6) is 0 Å². The molecule has 0 radical (unpaired) electrons. The molecule has 0 heterocycles. The Kier molecular flexibility index (Phi) is 33.4. The van der Waals surface area contributed by atoms with Crippen LogP contribution in [0.25, 0.3) is 0 Å². The zero-order chi connectivity index (χ0) is 45.9. The number of phosphoric ester groups is 1. The van der Waals surface area contributed by atoms with Crippen molar-refractivity contribution < 1.29 is 68.2 Å². The van der Waals surface area contributed by atoms with Crippen LogP contribution in [0.15, 0.2) is 85.1 Å². The van der Waals surface area contributed by atoms with Gasteiger partial charge in [0.25, 0.3) is 0 Å². The molecule has 62 heavy (non-hydrogen) atoms. The summed E-state index contributed by atoms with van der Waals surface area (Å²) < 4.78 is 33.4. The van der Waals surface area contributed by atoms with Gasteiger partial charge in [-0.05, 0) is 89.9 Å². The van der Waals surface area contributed by atoms with Crippen molar-refractivity contribution in [1.29, 1.82) is 0 Å². The molecule has 3 unspecified atom stereocenters. The summed E-state index contributed by atoms with van der Waals surface area (Å²) in [6.45, 7) is 2.82. The lowest BCUT2D eigenvalue weighted by Crippen LogP contribution is -2.64. The third-order valence-corrected chi connectivity index (χ3v) is 10.9. The lowest BCUT2D eigenvalue weighted by molar-refractivity contribution is -0.220. The molecule has 9 atom stereocenters. The van der Waals surface area contributed by atoms with E-state index in [0.717, 1.165) is 89.9 Å². The van der Waals surface area contributed by atoms with Gasteiger partial charge in [0.05, 0.1) is 12.7 Å². The molecule has 1 rings (SSSR count). The maximum absolute atomic E-state index is 12.8. The van der Waals surface area contributed by atoms with Crippen LogP contribution in [0.2, 0.25) is 0 Å². The minimum absolute atomic E-state index is 0.0537. The Hall–Kier alpha value is -3.01. The normalized spacial score (nSPS) is 23.2. The number of ether oxygens (including phenoxy) is 2. The first-order valence-electron chi connectivity index (χ1n) is 22.5. The number of esters is 2. The zero-order valence-electron chi connectivity index (χ0n) is 37.0. The van der Waals surface area contributed by atoms with Crippen molar-refractivity contribution in [3.05, 3.63) is 85.1 Å². The van der Waals surface area contributed by atoms with Gasteiger partial charge in [-0.2, -0.15) is 0 Å². The first kappa shape index (κ1) is 57.0. The molecule has 14 nitrogen and oxygen atoms in total. The molecule has 0 bridgehead atoms. The van der Waals surface area contributed by atoms with Gasteiger partial charge in [-0.3, -0.25) is 18.6 Å². The van der Waals surface area contributed by atoms with Gasteiger partial charge in [-0.1, -0.05) is 118 Å². The molecule has 354 valence electrons. The fourth-order valence-corrected chi connectivity index (χ4v) is 7.07. The second kappa shape index (κ2) is 36.3. The number of phosphoric acid groups is 1. The summed E-state index contributed by atoms with van der Waals surface area (Å²) in [6.07, 6.45) is 30.1. The summed E-state index contributed by atoms with van der Waals surface area (Å²) in [5, 5.41) is 59.7. The molecule has 0 amide bonds. The Balaban J connectivity index is 2.53. The van der Waals surface area contributed by atoms with Crippen molar-refractivity contribution in [3.63, 3.8) is 0 Å². The van der Waals surface area contributed by atoms with Gasteiger partial charge in [-0.25, -0.2) is 4.57 Å². The van der Waals surface area contributed by atoms with E-state index >= 15 is 0 Å². The molecule has 1 aliphatic carbocycles. The van der Waals surface area contributed by atoms with E-state index in [1.807, 2.05) is 19.1 Å². The molecule has 1 aliphatic rings. The molecule has 0 aromatic rings. The Bertz CT molecular complexity index is 1420. The van der Waals surface area contributed by atoms with Gasteiger partial charge in [-0.15, -0.1) is 0 Å². The van der Waals surface area contributed by atoms with Gasteiger partial charge in [0.15, 0.2) is 6.10 Å². The van der Waals surface area contributed by atoms with Crippen LogP contribution < -0.4 is 0 Å². The van der Waals surface area contributed by atoms with E-state index in [0.29, 0.717) is 19.3 Å². The SMILES string of the molecule is CC/C=C\C/C=C\C/C=C\CCCCCCCC(=O)O[C@H](COC(=O)CCC/C=C\C/C=C\C/C=C\C/C=C\CC[C@@H](O)CC)COP(=O)(O)OC1[C@H](O)[C@H](O)C(O)[C@H](O)[C@H]1O. The second-order valence-corrected chi connectivity index (χ2v) is 16.7. The average Bonchev–Trinajstić information content (AvgIpc) is 3.25. The Morgan fingerprint density at radius 1 is 0.565 bits per heavy atom. The van der Waals surface area contributed by atoms with Gasteiger partial charge >= 0.3 is 19.8 Å². The van der Waals surface area contributed by atoms with Crippen molar-refractivity contribution in [3.8, 4) is 0 Å². The van der Waals surface area contributed by atoms with E-state index in [1.54, 1.807) is 0 Å². The number of hydrogen-bond acceptors (Lipinski definition) is 13. The van der Waals surface area contributed by atoms with Crippen LogP contribution in [0, 0.1) is 0 Å². The summed E-state index contributed by atoms with van der Waals surface area (Å²) in [5.74, 6) is -1.21. The minimum atomic E-state index is -5.15. The van der Waals surface area contributed by atoms with Crippen LogP contribution in [-0.2, 0) is 32.7 Å². The molecule has 7 N–H and O–H groups in total. The molecule has 0 spiro atoms. The topological polar surface area (TPSA) is 230 Å². The molecular formula is C47H77O14P.